The van der Waals surface area contributed by atoms with Crippen molar-refractivity contribution in [3.05, 3.63) is 34.4 Å². The summed E-state index contributed by atoms with van der Waals surface area (Å²) in [7, 11) is 4.50. The van der Waals surface area contributed by atoms with Crippen LogP contribution in [0.2, 0.25) is 0 Å². The van der Waals surface area contributed by atoms with Crippen LogP contribution >= 0.6 is 23.1 Å². The Morgan fingerprint density at radius 1 is 1.33 bits per heavy atom. The maximum absolute atomic E-state index is 12.9. The fourth-order valence-corrected chi connectivity index (χ4v) is 5.77. The molecule has 1 aliphatic heterocycles. The Kier molecular flexibility index (Phi) is 8.11. The maximum atomic E-state index is 12.9. The predicted octanol–water partition coefficient (Wildman–Crippen LogP) is 3.31. The fraction of sp³-hybridized carbons (Fsp3) is 0.435. The van der Waals surface area contributed by atoms with E-state index in [9.17, 15) is 14.4 Å². The molecule has 1 saturated heterocycles. The molecule has 192 valence electrons. The largest absolute Gasteiger partial charge is 0.465 e. The van der Waals surface area contributed by atoms with Crippen LogP contribution in [0, 0.1) is 6.92 Å². The number of furan rings is 1. The van der Waals surface area contributed by atoms with Gasteiger partial charge in [-0.3, -0.25) is 14.2 Å². The van der Waals surface area contributed by atoms with Crippen molar-refractivity contribution >= 4 is 45.9 Å². The van der Waals surface area contributed by atoms with E-state index >= 15 is 0 Å². The number of carbonyl (C=O) groups excluding carboxylic acids is 3. The standard InChI is InChI=1S/C23H27N5O6S2/c1-13-17(22(31)32-4)20(36-18(13)21(30)27(2)3)24-16(29)12-35-23-26-25-19(15-8-6-10-34-15)28(23)11-14-7-5-9-33-14/h6,8,10,14H,5,7,9,11-12H2,1-4H3,(H,24,29). The number of hydrogen-bond acceptors (Lipinski definition) is 10. The minimum absolute atomic E-state index is 0.0103. The molecular formula is C23H27N5O6S2. The van der Waals surface area contributed by atoms with Crippen molar-refractivity contribution in [2.24, 2.45) is 0 Å². The molecule has 0 saturated carbocycles. The second-order valence-corrected chi connectivity index (χ2v) is 10.3. The Morgan fingerprint density at radius 3 is 2.78 bits per heavy atom. The third-order valence-electron chi connectivity index (χ3n) is 5.59. The fourth-order valence-electron chi connectivity index (χ4n) is 3.79. The number of nitrogens with one attached hydrogen (secondary N) is 1. The normalized spacial score (nSPS) is 15.2. The molecule has 3 aromatic rings. The molecule has 0 bridgehead atoms. The van der Waals surface area contributed by atoms with E-state index in [2.05, 4.69) is 15.5 Å². The molecule has 4 heterocycles. The lowest BCUT2D eigenvalue weighted by Gasteiger charge is -2.14. The topological polar surface area (TPSA) is 129 Å². The van der Waals surface area contributed by atoms with Gasteiger partial charge in [-0.05, 0) is 37.5 Å². The Morgan fingerprint density at radius 2 is 2.14 bits per heavy atom. The number of methoxy groups -OCH3 is 1. The summed E-state index contributed by atoms with van der Waals surface area (Å²) in [6.45, 7) is 2.92. The molecule has 1 aliphatic rings. The van der Waals surface area contributed by atoms with Crippen molar-refractivity contribution in [1.29, 1.82) is 0 Å². The van der Waals surface area contributed by atoms with E-state index in [4.69, 9.17) is 13.9 Å². The van der Waals surface area contributed by atoms with E-state index in [-0.39, 0.29) is 34.2 Å². The van der Waals surface area contributed by atoms with E-state index in [1.165, 1.54) is 23.8 Å². The van der Waals surface area contributed by atoms with Gasteiger partial charge in [-0.25, -0.2) is 4.79 Å². The lowest BCUT2D eigenvalue weighted by Crippen LogP contribution is -2.21. The molecular weight excluding hydrogens is 506 g/mol. The summed E-state index contributed by atoms with van der Waals surface area (Å²) < 4.78 is 18.1. The van der Waals surface area contributed by atoms with E-state index in [1.54, 1.807) is 39.4 Å². The minimum atomic E-state index is -0.621. The predicted molar refractivity (Wildman–Crippen MR) is 134 cm³/mol. The molecule has 2 amide bonds. The first-order valence-electron chi connectivity index (χ1n) is 11.2. The van der Waals surface area contributed by atoms with Crippen molar-refractivity contribution in [2.45, 2.75) is 37.6 Å². The van der Waals surface area contributed by atoms with Gasteiger partial charge in [0.25, 0.3) is 5.91 Å². The molecule has 4 rings (SSSR count). The maximum Gasteiger partial charge on any atom is 0.341 e. The lowest BCUT2D eigenvalue weighted by molar-refractivity contribution is -0.113. The first kappa shape index (κ1) is 25.9. The van der Waals surface area contributed by atoms with Gasteiger partial charge in [0.15, 0.2) is 10.9 Å². The highest BCUT2D eigenvalue weighted by atomic mass is 32.2. The van der Waals surface area contributed by atoms with E-state index in [0.29, 0.717) is 33.7 Å². The van der Waals surface area contributed by atoms with Gasteiger partial charge in [0.2, 0.25) is 11.7 Å². The summed E-state index contributed by atoms with van der Waals surface area (Å²) in [5.74, 6) is -0.0922. The Bertz CT molecular complexity index is 1240. The zero-order valence-electron chi connectivity index (χ0n) is 20.4. The quantitative estimate of drug-likeness (QED) is 0.325. The van der Waals surface area contributed by atoms with E-state index in [1.807, 2.05) is 4.57 Å². The van der Waals surface area contributed by atoms with Gasteiger partial charge in [0.05, 0.1) is 42.2 Å². The summed E-state index contributed by atoms with van der Waals surface area (Å²) in [5.41, 5.74) is 0.639. The van der Waals surface area contributed by atoms with Crippen LogP contribution in [0.3, 0.4) is 0 Å². The van der Waals surface area contributed by atoms with Crippen molar-refractivity contribution in [1.82, 2.24) is 19.7 Å². The van der Waals surface area contributed by atoms with Crippen LogP contribution in [0.5, 0.6) is 0 Å². The molecule has 1 fully saturated rings. The van der Waals surface area contributed by atoms with Crippen LogP contribution in [0.4, 0.5) is 5.00 Å². The molecule has 1 unspecified atom stereocenters. The van der Waals surface area contributed by atoms with Crippen LogP contribution in [0.15, 0.2) is 28.0 Å². The summed E-state index contributed by atoms with van der Waals surface area (Å²) in [6, 6.07) is 3.58. The molecule has 0 aliphatic carbocycles. The van der Waals surface area contributed by atoms with Crippen LogP contribution in [-0.4, -0.2) is 77.1 Å². The van der Waals surface area contributed by atoms with Gasteiger partial charge >= 0.3 is 5.97 Å². The first-order valence-corrected chi connectivity index (χ1v) is 13.0. The molecule has 0 radical (unpaired) electrons. The average molecular weight is 534 g/mol. The second-order valence-electron chi connectivity index (χ2n) is 8.32. The number of hydrogen-bond donors (Lipinski definition) is 1. The summed E-state index contributed by atoms with van der Waals surface area (Å²) >= 11 is 2.26. The van der Waals surface area contributed by atoms with Gasteiger partial charge in [-0.15, -0.1) is 21.5 Å². The number of nitrogens with zero attached hydrogens (tertiary/aromatic N) is 4. The SMILES string of the molecule is COC(=O)c1c(NC(=O)CSc2nnc(-c3ccco3)n2CC2CCCO2)sc(C(=O)N(C)C)c1C. The van der Waals surface area contributed by atoms with Gasteiger partial charge in [-0.2, -0.15) is 0 Å². The Labute approximate surface area is 216 Å². The van der Waals surface area contributed by atoms with E-state index in [0.717, 1.165) is 30.8 Å². The highest BCUT2D eigenvalue weighted by Gasteiger charge is 2.28. The third kappa shape index (κ3) is 5.47. The molecule has 1 N–H and O–H groups in total. The van der Waals surface area contributed by atoms with Crippen molar-refractivity contribution in [2.75, 3.05) is 38.9 Å². The summed E-state index contributed by atoms with van der Waals surface area (Å²) in [4.78, 5) is 39.6. The molecule has 11 nitrogen and oxygen atoms in total. The Balaban J connectivity index is 1.52. The highest BCUT2D eigenvalue weighted by molar-refractivity contribution is 7.99. The number of thiophene rings is 1. The first-order chi connectivity index (χ1) is 17.3. The van der Waals surface area contributed by atoms with Gasteiger partial charge < -0.3 is 24.1 Å². The average Bonchev–Trinajstić information content (AvgIpc) is 3.65. The molecule has 13 heteroatoms. The number of esters is 1. The zero-order chi connectivity index (χ0) is 25.8. The number of ether oxygens (including phenoxy) is 2. The van der Waals surface area contributed by atoms with Crippen LogP contribution < -0.4 is 5.32 Å². The summed E-state index contributed by atoms with van der Waals surface area (Å²) in [6.07, 6.45) is 3.53. The molecule has 36 heavy (non-hydrogen) atoms. The Hall–Kier alpha value is -3.16. The number of aromatic nitrogens is 3. The van der Waals surface area contributed by atoms with Crippen LogP contribution in [-0.2, 0) is 20.8 Å². The highest BCUT2D eigenvalue weighted by Crippen LogP contribution is 2.35. The lowest BCUT2D eigenvalue weighted by atomic mass is 10.1. The van der Waals surface area contributed by atoms with Gasteiger partial charge in [0, 0.05) is 20.7 Å². The molecule has 1 atom stereocenters. The number of carbonyl (C=O) groups is 3. The molecule has 0 aromatic carbocycles. The zero-order valence-corrected chi connectivity index (χ0v) is 22.0. The smallest absolute Gasteiger partial charge is 0.341 e. The van der Waals surface area contributed by atoms with Crippen LogP contribution in [0.25, 0.3) is 11.6 Å². The van der Waals surface area contributed by atoms with Crippen molar-refractivity contribution < 1.29 is 28.3 Å². The number of amides is 2. The van der Waals surface area contributed by atoms with Crippen LogP contribution in [0.1, 0.15) is 38.4 Å². The molecule has 3 aromatic heterocycles. The van der Waals surface area contributed by atoms with Crippen molar-refractivity contribution in [3.63, 3.8) is 0 Å². The minimum Gasteiger partial charge on any atom is -0.465 e. The van der Waals surface area contributed by atoms with Gasteiger partial charge in [-0.1, -0.05) is 11.8 Å². The van der Waals surface area contributed by atoms with E-state index < -0.39 is 5.97 Å². The number of thioether (sulfide) groups is 1. The number of rotatable bonds is 9. The monoisotopic (exact) mass is 533 g/mol. The van der Waals surface area contributed by atoms with Gasteiger partial charge in [0.1, 0.15) is 5.00 Å². The van der Waals surface area contributed by atoms with Crippen molar-refractivity contribution in [3.8, 4) is 11.6 Å². The second kappa shape index (κ2) is 11.3. The third-order valence-corrected chi connectivity index (χ3v) is 7.75. The molecule has 0 spiro atoms. The summed E-state index contributed by atoms with van der Waals surface area (Å²) in [5, 5.41) is 12.1. The number of anilines is 1.